The molecule has 1 aliphatic heterocycles. The van der Waals surface area contributed by atoms with Crippen molar-refractivity contribution in [3.63, 3.8) is 0 Å². The number of fused-ring (bicyclic) bond motifs is 4. The van der Waals surface area contributed by atoms with Crippen LogP contribution in [-0.2, 0) is 0 Å². The molecule has 6 aromatic carbocycles. The number of aromatic hydroxyl groups is 5. The lowest BCUT2D eigenvalue weighted by molar-refractivity contribution is 0.327. The van der Waals surface area contributed by atoms with Crippen molar-refractivity contribution in [1.29, 1.82) is 0 Å². The van der Waals surface area contributed by atoms with Gasteiger partial charge in [-0.3, -0.25) is 0 Å². The van der Waals surface area contributed by atoms with Crippen LogP contribution in [0.2, 0.25) is 0 Å². The summed E-state index contributed by atoms with van der Waals surface area (Å²) in [6.07, 6.45) is 5.08. The highest BCUT2D eigenvalue weighted by atomic mass is 16.4. The van der Waals surface area contributed by atoms with Crippen LogP contribution < -0.4 is 4.90 Å². The van der Waals surface area contributed by atoms with E-state index in [2.05, 4.69) is 6.58 Å². The van der Waals surface area contributed by atoms with E-state index in [0.717, 1.165) is 33.2 Å². The molecule has 0 saturated carbocycles. The van der Waals surface area contributed by atoms with E-state index in [4.69, 9.17) is 19.4 Å². The molecular formula is C45H30N4O6. The molecule has 0 spiro atoms. The number of anilines is 2. The molecule has 0 aliphatic carbocycles. The van der Waals surface area contributed by atoms with Crippen LogP contribution in [0.25, 0.3) is 67.2 Å². The number of furan rings is 1. The second kappa shape index (κ2) is 13.0. The van der Waals surface area contributed by atoms with Gasteiger partial charge < -0.3 is 34.8 Å². The number of allylic oxidation sites excluding steroid dienone is 4. The van der Waals surface area contributed by atoms with Gasteiger partial charge >= 0.3 is 0 Å². The molecule has 2 aromatic heterocycles. The van der Waals surface area contributed by atoms with Crippen LogP contribution in [0, 0.1) is 0 Å². The molecule has 0 unspecified atom stereocenters. The minimum Gasteiger partial charge on any atom is -0.504 e. The number of aromatic nitrogens is 3. The van der Waals surface area contributed by atoms with E-state index in [1.54, 1.807) is 18.4 Å². The van der Waals surface area contributed by atoms with E-state index < -0.39 is 28.7 Å². The Balaban J connectivity index is 1.17. The fourth-order valence-corrected chi connectivity index (χ4v) is 6.97. The van der Waals surface area contributed by atoms with Crippen LogP contribution in [0.5, 0.6) is 28.7 Å². The minimum absolute atomic E-state index is 0.216. The predicted molar refractivity (Wildman–Crippen MR) is 213 cm³/mol. The quantitative estimate of drug-likeness (QED) is 0.0856. The smallest absolute Gasteiger partial charge is 0.208 e. The van der Waals surface area contributed by atoms with Crippen molar-refractivity contribution in [3.05, 3.63) is 157 Å². The number of phenols is 5. The van der Waals surface area contributed by atoms with Gasteiger partial charge in [-0.15, -0.1) is 0 Å². The van der Waals surface area contributed by atoms with Crippen molar-refractivity contribution in [2.75, 3.05) is 4.90 Å². The molecule has 0 amide bonds. The van der Waals surface area contributed by atoms with Gasteiger partial charge in [0.05, 0.1) is 11.3 Å². The first-order valence-corrected chi connectivity index (χ1v) is 17.3. The molecule has 0 fully saturated rings. The number of nitrogens with zero attached hydrogens (tertiary/aromatic N) is 4. The predicted octanol–water partition coefficient (Wildman–Crippen LogP) is 10.1. The maximum atomic E-state index is 10.8. The van der Waals surface area contributed by atoms with Gasteiger partial charge in [0.1, 0.15) is 11.2 Å². The van der Waals surface area contributed by atoms with Gasteiger partial charge in [-0.05, 0) is 41.5 Å². The maximum absolute atomic E-state index is 10.8. The molecule has 0 saturated heterocycles. The fourth-order valence-electron chi connectivity index (χ4n) is 6.97. The van der Waals surface area contributed by atoms with E-state index in [1.165, 1.54) is 0 Å². The van der Waals surface area contributed by atoms with Gasteiger partial charge in [0.15, 0.2) is 29.0 Å². The molecule has 10 heteroatoms. The first-order chi connectivity index (χ1) is 26.8. The largest absolute Gasteiger partial charge is 0.504 e. The Labute approximate surface area is 313 Å². The summed E-state index contributed by atoms with van der Waals surface area (Å²) in [5.74, 6) is -2.94. The Kier molecular flexibility index (Phi) is 7.79. The summed E-state index contributed by atoms with van der Waals surface area (Å²) in [6, 6.07) is 38.8. The van der Waals surface area contributed by atoms with Crippen LogP contribution in [-0.4, -0.2) is 40.5 Å². The Morgan fingerprint density at radius 1 is 0.545 bits per heavy atom. The number of benzene rings is 6. The zero-order valence-electron chi connectivity index (χ0n) is 28.9. The fraction of sp³-hybridized carbons (Fsp3) is 0. The standard InChI is InChI=1S/C45H30N4O6/c1-25-29-16-8-9-19-33(29)49(23-11-18-30(25)37-38(50)40(52)42(54)41(53)39(37)51)28-21-22-31-35(24-28)55-34-20-10-17-32(36(31)34)45-47-43(26-12-4-2-5-13-26)46-44(48-45)27-14-6-3-7-15-27/h2-24,50-54H,1H2/b23-11-,30-18+. The zero-order valence-corrected chi connectivity index (χ0v) is 28.9. The molecule has 0 atom stereocenters. The topological polar surface area (TPSA) is 156 Å². The number of para-hydroxylation sites is 1. The van der Waals surface area contributed by atoms with Gasteiger partial charge in [-0.2, -0.15) is 0 Å². The summed E-state index contributed by atoms with van der Waals surface area (Å²) in [7, 11) is 0. The van der Waals surface area contributed by atoms with Crippen molar-refractivity contribution in [2.45, 2.75) is 0 Å². The Bertz CT molecular complexity index is 2810. The van der Waals surface area contributed by atoms with E-state index in [9.17, 15) is 25.5 Å². The summed E-state index contributed by atoms with van der Waals surface area (Å²) in [5.41, 5.74) is 6.26. The van der Waals surface area contributed by atoms with Crippen molar-refractivity contribution in [1.82, 2.24) is 15.0 Å². The molecule has 1 aliphatic rings. The van der Waals surface area contributed by atoms with Gasteiger partial charge in [0, 0.05) is 51.0 Å². The second-order valence-electron chi connectivity index (χ2n) is 12.9. The Morgan fingerprint density at radius 2 is 1.13 bits per heavy atom. The molecule has 3 heterocycles. The Hall–Kier alpha value is -7.85. The zero-order chi connectivity index (χ0) is 37.8. The van der Waals surface area contributed by atoms with E-state index in [1.807, 2.05) is 126 Å². The van der Waals surface area contributed by atoms with Crippen LogP contribution >= 0.6 is 0 Å². The molecule has 5 N–H and O–H groups in total. The molecule has 55 heavy (non-hydrogen) atoms. The average Bonchev–Trinajstić information content (AvgIpc) is 3.61. The summed E-state index contributed by atoms with van der Waals surface area (Å²) in [4.78, 5) is 16.7. The number of hydrogen-bond acceptors (Lipinski definition) is 10. The lowest BCUT2D eigenvalue weighted by Crippen LogP contribution is -2.12. The van der Waals surface area contributed by atoms with E-state index >= 15 is 0 Å². The highest BCUT2D eigenvalue weighted by Gasteiger charge is 2.28. The van der Waals surface area contributed by atoms with Crippen molar-refractivity contribution < 1.29 is 29.9 Å². The maximum Gasteiger partial charge on any atom is 0.208 e. The molecule has 8 aromatic rings. The average molecular weight is 723 g/mol. The molecule has 0 radical (unpaired) electrons. The Morgan fingerprint density at radius 3 is 1.80 bits per heavy atom. The first-order valence-electron chi connectivity index (χ1n) is 17.3. The third kappa shape index (κ3) is 5.48. The van der Waals surface area contributed by atoms with Gasteiger partial charge in [-0.1, -0.05) is 104 Å². The summed E-state index contributed by atoms with van der Waals surface area (Å²) >= 11 is 0. The van der Waals surface area contributed by atoms with Crippen molar-refractivity contribution in [3.8, 4) is 62.9 Å². The van der Waals surface area contributed by atoms with E-state index in [0.29, 0.717) is 45.5 Å². The summed E-state index contributed by atoms with van der Waals surface area (Å²) in [6.45, 7) is 4.26. The van der Waals surface area contributed by atoms with Crippen LogP contribution in [0.4, 0.5) is 11.4 Å². The highest BCUT2D eigenvalue weighted by Crippen LogP contribution is 2.55. The third-order valence-corrected chi connectivity index (χ3v) is 9.65. The molecular weight excluding hydrogens is 693 g/mol. The van der Waals surface area contributed by atoms with Crippen LogP contribution in [0.1, 0.15) is 11.1 Å². The SMILES string of the molecule is C=C1/C(c2c(O)c(O)c(O)c(O)c2O)=C\C=C/N(c2ccc3c(c2)oc2cccc(-c4nc(-c5ccccc5)nc(-c5ccccc5)n4)c23)c2ccccc21. The van der Waals surface area contributed by atoms with Gasteiger partial charge in [0.25, 0.3) is 0 Å². The summed E-state index contributed by atoms with van der Waals surface area (Å²) in [5, 5.41) is 53.8. The third-order valence-electron chi connectivity index (χ3n) is 9.65. The number of hydrogen-bond donors (Lipinski definition) is 5. The number of phenolic OH excluding ortho intramolecular Hbond substituents is 5. The summed E-state index contributed by atoms with van der Waals surface area (Å²) < 4.78 is 6.50. The molecule has 10 nitrogen and oxygen atoms in total. The van der Waals surface area contributed by atoms with E-state index in [-0.39, 0.29) is 11.1 Å². The van der Waals surface area contributed by atoms with Gasteiger partial charge in [-0.25, -0.2) is 15.0 Å². The van der Waals surface area contributed by atoms with Crippen molar-refractivity contribution in [2.24, 2.45) is 0 Å². The lowest BCUT2D eigenvalue weighted by Gasteiger charge is -2.27. The van der Waals surface area contributed by atoms with Crippen molar-refractivity contribution >= 4 is 44.5 Å². The normalized spacial score (nSPS) is 14.3. The van der Waals surface area contributed by atoms with Crippen LogP contribution in [0.15, 0.2) is 151 Å². The minimum atomic E-state index is -1.03. The van der Waals surface area contributed by atoms with Gasteiger partial charge in [0.2, 0.25) is 17.2 Å². The second-order valence-corrected chi connectivity index (χ2v) is 12.9. The lowest BCUT2D eigenvalue weighted by atomic mass is 9.89. The first kappa shape index (κ1) is 33.0. The molecule has 266 valence electrons. The highest BCUT2D eigenvalue weighted by molar-refractivity contribution is 6.13. The van der Waals surface area contributed by atoms with Crippen LogP contribution in [0.3, 0.4) is 0 Å². The monoisotopic (exact) mass is 722 g/mol. The molecule has 0 bridgehead atoms. The molecule has 9 rings (SSSR count). The number of rotatable bonds is 5.